The molecule has 0 radical (unpaired) electrons. The zero-order chi connectivity index (χ0) is 14.7. The van der Waals surface area contributed by atoms with E-state index in [2.05, 4.69) is 34.2 Å². The number of nitrogens with zero attached hydrogens (tertiary/aromatic N) is 5. The Morgan fingerprint density at radius 2 is 2.14 bits per heavy atom. The second-order valence-electron chi connectivity index (χ2n) is 5.93. The molecule has 1 saturated carbocycles. The highest BCUT2D eigenvalue weighted by Gasteiger charge is 2.16. The molecule has 3 rings (SSSR count). The summed E-state index contributed by atoms with van der Waals surface area (Å²) < 4.78 is 3.95. The van der Waals surface area contributed by atoms with E-state index in [-0.39, 0.29) is 6.04 Å². The summed E-state index contributed by atoms with van der Waals surface area (Å²) >= 11 is 0. The number of rotatable bonds is 5. The average molecular weight is 288 g/mol. The Balaban J connectivity index is 1.65. The van der Waals surface area contributed by atoms with Crippen LogP contribution in [0.2, 0.25) is 0 Å². The van der Waals surface area contributed by atoms with E-state index in [9.17, 15) is 0 Å². The molecular weight excluding hydrogens is 264 g/mol. The van der Waals surface area contributed by atoms with E-state index in [4.69, 9.17) is 10.8 Å². The van der Waals surface area contributed by atoms with Crippen LogP contribution in [0.5, 0.6) is 0 Å². The Morgan fingerprint density at radius 1 is 1.33 bits per heavy atom. The molecule has 2 aromatic heterocycles. The molecule has 0 amide bonds. The summed E-state index contributed by atoms with van der Waals surface area (Å²) in [5.41, 5.74) is 7.85. The standard InChI is InChI=1S/C15H24N6/c1-2-14(16)15-11-20(19-17-15)10-12-8-9-21(18-12)13-6-4-3-5-7-13/h8-9,11,13-14H,2-7,10,16H2,1H3. The highest BCUT2D eigenvalue weighted by Crippen LogP contribution is 2.27. The largest absolute Gasteiger partial charge is 0.323 e. The van der Waals surface area contributed by atoms with Gasteiger partial charge in [-0.1, -0.05) is 31.4 Å². The van der Waals surface area contributed by atoms with Crippen LogP contribution in [0.1, 0.15) is 68.9 Å². The number of hydrogen-bond acceptors (Lipinski definition) is 4. The third-order valence-electron chi connectivity index (χ3n) is 4.31. The molecule has 1 aliphatic rings. The summed E-state index contributed by atoms with van der Waals surface area (Å²) in [5.74, 6) is 0. The van der Waals surface area contributed by atoms with Gasteiger partial charge in [-0.2, -0.15) is 5.10 Å². The van der Waals surface area contributed by atoms with Crippen molar-refractivity contribution in [1.29, 1.82) is 0 Å². The highest BCUT2D eigenvalue weighted by molar-refractivity contribution is 5.04. The van der Waals surface area contributed by atoms with Crippen molar-refractivity contribution in [3.05, 3.63) is 29.8 Å². The number of aromatic nitrogens is 5. The lowest BCUT2D eigenvalue weighted by Crippen LogP contribution is -2.14. The Hall–Kier alpha value is -1.69. The second kappa shape index (κ2) is 6.39. The van der Waals surface area contributed by atoms with Gasteiger partial charge in [-0.3, -0.25) is 4.68 Å². The summed E-state index contributed by atoms with van der Waals surface area (Å²) in [5, 5.41) is 13.0. The molecule has 21 heavy (non-hydrogen) atoms. The Bertz CT molecular complexity index is 566. The molecule has 6 heteroatoms. The second-order valence-corrected chi connectivity index (χ2v) is 5.93. The third-order valence-corrected chi connectivity index (χ3v) is 4.31. The molecular formula is C15H24N6. The fourth-order valence-corrected chi connectivity index (χ4v) is 2.95. The summed E-state index contributed by atoms with van der Waals surface area (Å²) in [6.45, 7) is 2.71. The molecule has 1 atom stereocenters. The number of hydrogen-bond donors (Lipinski definition) is 1. The van der Waals surface area contributed by atoms with Crippen LogP contribution in [0.25, 0.3) is 0 Å². The van der Waals surface area contributed by atoms with E-state index < -0.39 is 0 Å². The molecule has 0 aliphatic heterocycles. The minimum atomic E-state index is -0.0291. The maximum Gasteiger partial charge on any atom is 0.0994 e. The van der Waals surface area contributed by atoms with Crippen molar-refractivity contribution in [2.24, 2.45) is 5.73 Å². The molecule has 1 aliphatic carbocycles. The zero-order valence-electron chi connectivity index (χ0n) is 12.6. The maximum atomic E-state index is 5.97. The van der Waals surface area contributed by atoms with Crippen LogP contribution in [0, 0.1) is 0 Å². The van der Waals surface area contributed by atoms with Crippen LogP contribution in [0.4, 0.5) is 0 Å². The summed E-state index contributed by atoms with van der Waals surface area (Å²) in [4.78, 5) is 0. The van der Waals surface area contributed by atoms with E-state index in [0.29, 0.717) is 12.6 Å². The van der Waals surface area contributed by atoms with Gasteiger partial charge in [-0.05, 0) is 25.3 Å². The van der Waals surface area contributed by atoms with Crippen molar-refractivity contribution >= 4 is 0 Å². The first-order valence-corrected chi connectivity index (χ1v) is 7.96. The molecule has 0 bridgehead atoms. The first-order chi connectivity index (χ1) is 10.3. The minimum Gasteiger partial charge on any atom is -0.323 e. The zero-order valence-corrected chi connectivity index (χ0v) is 12.6. The normalized spacial score (nSPS) is 18.0. The van der Waals surface area contributed by atoms with Crippen molar-refractivity contribution in [3.8, 4) is 0 Å². The van der Waals surface area contributed by atoms with Crippen molar-refractivity contribution in [2.75, 3.05) is 0 Å². The van der Waals surface area contributed by atoms with Crippen LogP contribution in [-0.4, -0.2) is 24.8 Å². The number of nitrogens with two attached hydrogens (primary N) is 1. The molecule has 1 fully saturated rings. The van der Waals surface area contributed by atoms with Gasteiger partial charge in [-0.25, -0.2) is 4.68 Å². The van der Waals surface area contributed by atoms with Gasteiger partial charge in [0, 0.05) is 6.20 Å². The highest BCUT2D eigenvalue weighted by atomic mass is 15.4. The van der Waals surface area contributed by atoms with Crippen LogP contribution in [0.15, 0.2) is 18.5 Å². The summed E-state index contributed by atoms with van der Waals surface area (Å²) in [6.07, 6.45) is 11.4. The van der Waals surface area contributed by atoms with E-state index in [1.807, 2.05) is 10.9 Å². The smallest absolute Gasteiger partial charge is 0.0994 e. The quantitative estimate of drug-likeness (QED) is 0.917. The summed E-state index contributed by atoms with van der Waals surface area (Å²) in [7, 11) is 0. The first-order valence-electron chi connectivity index (χ1n) is 7.96. The van der Waals surface area contributed by atoms with Gasteiger partial charge in [0.25, 0.3) is 0 Å². The van der Waals surface area contributed by atoms with Gasteiger partial charge in [0.1, 0.15) is 0 Å². The first kappa shape index (κ1) is 14.3. The third kappa shape index (κ3) is 3.32. The van der Waals surface area contributed by atoms with Crippen LogP contribution in [-0.2, 0) is 6.54 Å². The molecule has 2 aromatic rings. The van der Waals surface area contributed by atoms with Gasteiger partial charge in [0.15, 0.2) is 0 Å². The monoisotopic (exact) mass is 288 g/mol. The molecule has 114 valence electrons. The molecule has 2 N–H and O–H groups in total. The van der Waals surface area contributed by atoms with Crippen molar-refractivity contribution in [2.45, 2.75) is 64.1 Å². The van der Waals surface area contributed by atoms with Gasteiger partial charge in [0.2, 0.25) is 0 Å². The predicted octanol–water partition coefficient (Wildman–Crippen LogP) is 2.44. The lowest BCUT2D eigenvalue weighted by Gasteiger charge is -2.21. The van der Waals surface area contributed by atoms with Gasteiger partial charge in [0.05, 0.1) is 36.2 Å². The minimum absolute atomic E-state index is 0.0291. The predicted molar refractivity (Wildman–Crippen MR) is 80.7 cm³/mol. The van der Waals surface area contributed by atoms with E-state index in [1.165, 1.54) is 32.1 Å². The molecule has 6 nitrogen and oxygen atoms in total. The molecule has 0 saturated heterocycles. The SMILES string of the molecule is CCC(N)c1cn(Cc2ccn(C3CCCCC3)n2)nn1. The fraction of sp³-hybridized carbons (Fsp3) is 0.667. The van der Waals surface area contributed by atoms with Crippen LogP contribution < -0.4 is 5.73 Å². The van der Waals surface area contributed by atoms with Gasteiger partial charge < -0.3 is 5.73 Å². The van der Waals surface area contributed by atoms with Crippen molar-refractivity contribution < 1.29 is 0 Å². The fourth-order valence-electron chi connectivity index (χ4n) is 2.95. The van der Waals surface area contributed by atoms with Crippen LogP contribution >= 0.6 is 0 Å². The maximum absolute atomic E-state index is 5.97. The Labute approximate surface area is 125 Å². The van der Waals surface area contributed by atoms with E-state index >= 15 is 0 Å². The topological polar surface area (TPSA) is 74.5 Å². The van der Waals surface area contributed by atoms with E-state index in [0.717, 1.165) is 17.8 Å². The van der Waals surface area contributed by atoms with Gasteiger partial charge in [-0.15, -0.1) is 5.10 Å². The van der Waals surface area contributed by atoms with Crippen LogP contribution in [0.3, 0.4) is 0 Å². The average Bonchev–Trinajstić information content (AvgIpc) is 3.17. The Morgan fingerprint density at radius 3 is 2.90 bits per heavy atom. The molecule has 2 heterocycles. The van der Waals surface area contributed by atoms with Crippen molar-refractivity contribution in [3.63, 3.8) is 0 Å². The van der Waals surface area contributed by atoms with E-state index in [1.54, 1.807) is 0 Å². The lowest BCUT2D eigenvalue weighted by molar-refractivity contribution is 0.327. The molecule has 0 spiro atoms. The molecule has 1 unspecified atom stereocenters. The Kier molecular flexibility index (Phi) is 4.34. The van der Waals surface area contributed by atoms with Gasteiger partial charge >= 0.3 is 0 Å². The van der Waals surface area contributed by atoms with Crippen molar-refractivity contribution in [1.82, 2.24) is 24.8 Å². The summed E-state index contributed by atoms with van der Waals surface area (Å²) in [6, 6.07) is 2.63. The lowest BCUT2D eigenvalue weighted by atomic mass is 9.96. The molecule has 0 aromatic carbocycles.